The number of carbonyl (C=O) groups is 2. The molecule has 0 radical (unpaired) electrons. The second-order valence-electron chi connectivity index (χ2n) is 5.05. The Kier molecular flexibility index (Phi) is 3.21. The number of nitrogens with one attached hydrogen (secondary N) is 1. The summed E-state index contributed by atoms with van der Waals surface area (Å²) < 4.78 is 5.84. The van der Waals surface area contributed by atoms with Crippen LogP contribution in [0.3, 0.4) is 0 Å². The number of benzene rings is 2. The first kappa shape index (κ1) is 13.9. The van der Waals surface area contributed by atoms with Gasteiger partial charge in [0.05, 0.1) is 11.4 Å². The average Bonchev–Trinajstić information content (AvgIpc) is 2.43. The Morgan fingerprint density at radius 2 is 1.68 bits per heavy atom. The monoisotopic (exact) mass is 297 g/mol. The molecule has 1 aliphatic rings. The molecule has 0 spiro atoms. The fourth-order valence-corrected chi connectivity index (χ4v) is 2.45. The van der Waals surface area contributed by atoms with Crippen LogP contribution in [0.25, 0.3) is 0 Å². The fraction of sp³-hybridized carbons (Fsp3) is 0.125. The minimum absolute atomic E-state index is 0.136. The van der Waals surface area contributed by atoms with Crippen LogP contribution in [-0.4, -0.2) is 11.8 Å². The van der Waals surface area contributed by atoms with E-state index in [4.69, 9.17) is 10.5 Å². The summed E-state index contributed by atoms with van der Waals surface area (Å²) in [7, 11) is 0. The lowest BCUT2D eigenvalue weighted by atomic mass is 10.1. The maximum atomic E-state index is 12.0. The van der Waals surface area contributed by atoms with E-state index in [1.807, 2.05) is 0 Å². The van der Waals surface area contributed by atoms with E-state index in [-0.39, 0.29) is 11.8 Å². The van der Waals surface area contributed by atoms with Crippen LogP contribution in [0.15, 0.2) is 36.4 Å². The molecule has 6 nitrogen and oxygen atoms in total. The summed E-state index contributed by atoms with van der Waals surface area (Å²) in [6, 6.07) is 10.3. The number of nitrogens with zero attached hydrogens (tertiary/aromatic N) is 1. The summed E-state index contributed by atoms with van der Waals surface area (Å²) in [6.07, 6.45) is 0. The summed E-state index contributed by atoms with van der Waals surface area (Å²) in [5, 5.41) is 2.69. The maximum Gasteiger partial charge on any atom is 0.228 e. The molecule has 1 heterocycles. The van der Waals surface area contributed by atoms with Crippen LogP contribution >= 0.6 is 0 Å². The number of carbonyl (C=O) groups excluding carboxylic acids is 2. The minimum Gasteiger partial charge on any atom is -0.453 e. The molecule has 0 saturated heterocycles. The number of hydrogen-bond acceptors (Lipinski definition) is 4. The molecule has 0 bridgehead atoms. The third-order valence-corrected chi connectivity index (χ3v) is 3.28. The van der Waals surface area contributed by atoms with E-state index < -0.39 is 0 Å². The van der Waals surface area contributed by atoms with Crippen LogP contribution in [0.4, 0.5) is 22.7 Å². The third kappa shape index (κ3) is 2.35. The molecule has 0 atom stereocenters. The van der Waals surface area contributed by atoms with Gasteiger partial charge in [-0.3, -0.25) is 14.5 Å². The summed E-state index contributed by atoms with van der Waals surface area (Å²) in [5.74, 6) is 0.675. The lowest BCUT2D eigenvalue weighted by Gasteiger charge is -2.30. The third-order valence-electron chi connectivity index (χ3n) is 3.28. The zero-order valence-electron chi connectivity index (χ0n) is 12.2. The number of rotatable bonds is 1. The molecule has 112 valence electrons. The highest BCUT2D eigenvalue weighted by molar-refractivity contribution is 6.04. The molecule has 0 fully saturated rings. The van der Waals surface area contributed by atoms with Crippen LogP contribution in [0.5, 0.6) is 11.5 Å². The van der Waals surface area contributed by atoms with Gasteiger partial charge in [-0.15, -0.1) is 0 Å². The van der Waals surface area contributed by atoms with Crippen molar-refractivity contribution in [2.24, 2.45) is 0 Å². The van der Waals surface area contributed by atoms with Crippen molar-refractivity contribution in [3.8, 4) is 11.5 Å². The Hall–Kier alpha value is -3.02. The van der Waals surface area contributed by atoms with Gasteiger partial charge in [0.25, 0.3) is 0 Å². The number of nitrogen functional groups attached to an aromatic ring is 1. The van der Waals surface area contributed by atoms with Crippen molar-refractivity contribution in [1.82, 2.24) is 0 Å². The van der Waals surface area contributed by atoms with E-state index in [0.717, 1.165) is 0 Å². The van der Waals surface area contributed by atoms with E-state index in [1.54, 1.807) is 41.3 Å². The van der Waals surface area contributed by atoms with Gasteiger partial charge in [-0.05, 0) is 24.3 Å². The number of amides is 2. The summed E-state index contributed by atoms with van der Waals surface area (Å²) >= 11 is 0. The lowest BCUT2D eigenvalue weighted by molar-refractivity contribution is -0.116. The number of anilines is 4. The van der Waals surface area contributed by atoms with Crippen LogP contribution in [-0.2, 0) is 9.59 Å². The van der Waals surface area contributed by atoms with Crippen molar-refractivity contribution in [3.63, 3.8) is 0 Å². The highest BCUT2D eigenvalue weighted by Crippen LogP contribution is 2.48. The van der Waals surface area contributed by atoms with Crippen molar-refractivity contribution in [1.29, 1.82) is 0 Å². The zero-order chi connectivity index (χ0) is 15.9. The number of fused-ring (bicyclic) bond motifs is 2. The predicted molar refractivity (Wildman–Crippen MR) is 84.5 cm³/mol. The molecule has 0 unspecified atom stereocenters. The second kappa shape index (κ2) is 5.07. The minimum atomic E-state index is -0.177. The molecule has 1 aliphatic heterocycles. The van der Waals surface area contributed by atoms with Gasteiger partial charge >= 0.3 is 0 Å². The Labute approximate surface area is 127 Å². The highest BCUT2D eigenvalue weighted by atomic mass is 16.5. The topological polar surface area (TPSA) is 84.7 Å². The van der Waals surface area contributed by atoms with Crippen LogP contribution < -0.4 is 20.7 Å². The van der Waals surface area contributed by atoms with Crippen LogP contribution in [0.1, 0.15) is 13.8 Å². The highest BCUT2D eigenvalue weighted by Gasteiger charge is 2.27. The summed E-state index contributed by atoms with van der Waals surface area (Å²) in [6.45, 7) is 2.91. The Morgan fingerprint density at radius 3 is 2.32 bits per heavy atom. The van der Waals surface area contributed by atoms with Crippen molar-refractivity contribution in [2.45, 2.75) is 13.8 Å². The predicted octanol–water partition coefficient (Wildman–Crippen LogP) is 3.02. The van der Waals surface area contributed by atoms with Gasteiger partial charge < -0.3 is 15.8 Å². The molecular formula is C16H15N3O3. The SMILES string of the molecule is CC(=O)Nc1ccc2c(c1)Oc1cc(N)ccc1N2C(C)=O. The van der Waals surface area contributed by atoms with Crippen molar-refractivity contribution in [2.75, 3.05) is 16.0 Å². The summed E-state index contributed by atoms with van der Waals surface area (Å²) in [5.41, 5.74) is 8.19. The normalized spacial score (nSPS) is 12.0. The average molecular weight is 297 g/mol. The number of nitrogens with two attached hydrogens (primary N) is 1. The van der Waals surface area contributed by atoms with Crippen LogP contribution in [0.2, 0.25) is 0 Å². The molecule has 0 aromatic heterocycles. The first-order valence-electron chi connectivity index (χ1n) is 6.75. The second-order valence-corrected chi connectivity index (χ2v) is 5.05. The van der Waals surface area contributed by atoms with Gasteiger partial charge in [0.1, 0.15) is 0 Å². The molecule has 2 amide bonds. The first-order valence-corrected chi connectivity index (χ1v) is 6.75. The van der Waals surface area contributed by atoms with E-state index in [1.165, 1.54) is 13.8 Å². The molecule has 2 aromatic carbocycles. The van der Waals surface area contributed by atoms with E-state index in [9.17, 15) is 9.59 Å². The molecule has 6 heteroatoms. The van der Waals surface area contributed by atoms with Crippen molar-refractivity contribution in [3.05, 3.63) is 36.4 Å². The van der Waals surface area contributed by atoms with Gasteiger partial charge in [0.2, 0.25) is 11.8 Å². The largest absolute Gasteiger partial charge is 0.453 e. The number of hydrogen-bond donors (Lipinski definition) is 2. The van der Waals surface area contributed by atoms with Crippen LogP contribution in [0, 0.1) is 0 Å². The molecule has 2 aromatic rings. The van der Waals surface area contributed by atoms with Gasteiger partial charge in [0, 0.05) is 37.4 Å². The Balaban J connectivity index is 2.12. The molecule has 22 heavy (non-hydrogen) atoms. The molecule has 3 N–H and O–H groups in total. The lowest BCUT2D eigenvalue weighted by Crippen LogP contribution is -2.26. The summed E-state index contributed by atoms with van der Waals surface area (Å²) in [4.78, 5) is 24.8. The van der Waals surface area contributed by atoms with Gasteiger partial charge in [-0.1, -0.05) is 0 Å². The van der Waals surface area contributed by atoms with E-state index >= 15 is 0 Å². The van der Waals surface area contributed by atoms with Gasteiger partial charge in [-0.25, -0.2) is 0 Å². The molecule has 0 saturated carbocycles. The first-order chi connectivity index (χ1) is 10.5. The Bertz CT molecular complexity index is 786. The van der Waals surface area contributed by atoms with E-state index in [0.29, 0.717) is 34.2 Å². The molecule has 3 rings (SSSR count). The molecular weight excluding hydrogens is 282 g/mol. The standard InChI is InChI=1S/C16H15N3O3/c1-9(20)18-12-4-6-14-16(8-12)22-15-7-11(17)3-5-13(15)19(14)10(2)21/h3-8H,17H2,1-2H3,(H,18,20). The quantitative estimate of drug-likeness (QED) is 0.792. The molecule has 0 aliphatic carbocycles. The van der Waals surface area contributed by atoms with Crippen molar-refractivity contribution >= 4 is 34.6 Å². The smallest absolute Gasteiger partial charge is 0.228 e. The fourth-order valence-electron chi connectivity index (χ4n) is 2.45. The van der Waals surface area contributed by atoms with E-state index in [2.05, 4.69) is 5.32 Å². The zero-order valence-corrected chi connectivity index (χ0v) is 12.2. The van der Waals surface area contributed by atoms with Gasteiger partial charge in [-0.2, -0.15) is 0 Å². The Morgan fingerprint density at radius 1 is 1.05 bits per heavy atom. The number of ether oxygens (including phenoxy) is 1. The van der Waals surface area contributed by atoms with Crippen molar-refractivity contribution < 1.29 is 14.3 Å². The maximum absolute atomic E-state index is 12.0. The van der Waals surface area contributed by atoms with Gasteiger partial charge in [0.15, 0.2) is 11.5 Å².